The zero-order valence-corrected chi connectivity index (χ0v) is 17.8. The quantitative estimate of drug-likeness (QED) is 0.705. The highest BCUT2D eigenvalue weighted by Crippen LogP contribution is 2.41. The smallest absolute Gasteiger partial charge is 0.309 e. The Morgan fingerprint density at radius 2 is 1.90 bits per heavy atom. The summed E-state index contributed by atoms with van der Waals surface area (Å²) >= 11 is 6.57. The molecule has 1 saturated heterocycles. The zero-order valence-electron chi connectivity index (χ0n) is 17.0. The van der Waals surface area contributed by atoms with E-state index in [9.17, 15) is 14.9 Å². The maximum Gasteiger partial charge on any atom is 0.309 e. The third kappa shape index (κ3) is 4.22. The predicted octanol–water partition coefficient (Wildman–Crippen LogP) is 3.56. The highest BCUT2D eigenvalue weighted by molar-refractivity contribution is 6.33. The van der Waals surface area contributed by atoms with Gasteiger partial charge in [-0.1, -0.05) is 23.7 Å². The van der Waals surface area contributed by atoms with E-state index in [-0.39, 0.29) is 25.4 Å². The topological polar surface area (TPSA) is 100 Å². The minimum absolute atomic E-state index is 0.0130. The van der Waals surface area contributed by atoms with Crippen molar-refractivity contribution in [3.63, 3.8) is 0 Å². The number of anilines is 1. The summed E-state index contributed by atoms with van der Waals surface area (Å²) in [6.45, 7) is 2.73. The van der Waals surface area contributed by atoms with Crippen molar-refractivity contribution >= 4 is 29.2 Å². The van der Waals surface area contributed by atoms with E-state index in [1.165, 1.54) is 0 Å². The van der Waals surface area contributed by atoms with Crippen molar-refractivity contribution in [2.45, 2.75) is 38.0 Å². The minimum Gasteiger partial charge on any atom is -0.416 e. The summed E-state index contributed by atoms with van der Waals surface area (Å²) in [5.74, 6) is -2.49. The molecule has 2 aromatic carbocycles. The molecule has 1 fully saturated rings. The number of carbonyl (C=O) groups is 2. The molecule has 2 N–H and O–H groups in total. The molecule has 1 unspecified atom stereocenters. The fourth-order valence-electron chi connectivity index (χ4n) is 4.01. The van der Waals surface area contributed by atoms with E-state index in [2.05, 4.69) is 16.7 Å². The molecule has 0 aromatic heterocycles. The Hall–Kier alpha value is -3.08. The van der Waals surface area contributed by atoms with Crippen LogP contribution in [0, 0.1) is 11.3 Å². The van der Waals surface area contributed by atoms with Gasteiger partial charge in [-0.2, -0.15) is 5.26 Å². The second-order valence-corrected chi connectivity index (χ2v) is 8.09. The van der Waals surface area contributed by atoms with Gasteiger partial charge in [0.05, 0.1) is 41.7 Å². The first-order valence-electron chi connectivity index (χ1n) is 10.1. The molecule has 0 aliphatic carbocycles. The molecule has 0 bridgehead atoms. The molecule has 0 radical (unpaired) electrons. The number of ether oxygens (including phenoxy) is 2. The average Bonchev–Trinajstić information content (AvgIpc) is 3.02. The van der Waals surface area contributed by atoms with Crippen LogP contribution in [0.25, 0.3) is 0 Å². The van der Waals surface area contributed by atoms with Crippen molar-refractivity contribution in [3.05, 3.63) is 63.7 Å². The lowest BCUT2D eigenvalue weighted by atomic mass is 9.95. The van der Waals surface area contributed by atoms with Crippen molar-refractivity contribution in [1.82, 2.24) is 5.32 Å². The van der Waals surface area contributed by atoms with E-state index in [1.54, 1.807) is 18.2 Å². The van der Waals surface area contributed by atoms with Crippen molar-refractivity contribution in [3.8, 4) is 6.07 Å². The molecule has 2 heterocycles. The molecular formula is C23H22ClN3O4. The summed E-state index contributed by atoms with van der Waals surface area (Å²) in [5.41, 5.74) is 3.62. The fourth-order valence-corrected chi connectivity index (χ4v) is 4.24. The number of nitrogens with one attached hydrogen (secondary N) is 2. The number of esters is 2. The third-order valence-electron chi connectivity index (χ3n) is 5.55. The summed E-state index contributed by atoms with van der Waals surface area (Å²) in [4.78, 5) is 24.5. The van der Waals surface area contributed by atoms with Crippen LogP contribution in [0.2, 0.25) is 5.02 Å². The van der Waals surface area contributed by atoms with Crippen molar-refractivity contribution < 1.29 is 19.1 Å². The number of hydrogen-bond acceptors (Lipinski definition) is 7. The maximum atomic E-state index is 12.2. The van der Waals surface area contributed by atoms with Gasteiger partial charge in [0, 0.05) is 11.6 Å². The molecule has 31 heavy (non-hydrogen) atoms. The standard InChI is InChI=1S/C23H22ClN3O4/c1-14(16-4-2-3-15(11-16)12-25)27-22-17-9-10-26-13-23(18(17)5-6-19(22)24)30-20(28)7-8-21(29)31-23/h2-6,11,14,26-27H,7-10,13H2,1H3. The Balaban J connectivity index is 1.76. The lowest BCUT2D eigenvalue weighted by molar-refractivity contribution is -0.225. The fraction of sp³-hybridized carbons (Fsp3) is 0.348. The third-order valence-corrected chi connectivity index (χ3v) is 5.86. The number of nitriles is 1. The molecule has 2 aliphatic heterocycles. The van der Waals surface area contributed by atoms with Gasteiger partial charge in [0.2, 0.25) is 0 Å². The first-order valence-corrected chi connectivity index (χ1v) is 10.5. The van der Waals surface area contributed by atoms with Gasteiger partial charge in [-0.3, -0.25) is 9.59 Å². The maximum absolute atomic E-state index is 12.2. The van der Waals surface area contributed by atoms with Crippen molar-refractivity contribution in [2.24, 2.45) is 0 Å². The highest BCUT2D eigenvalue weighted by atomic mass is 35.5. The van der Waals surface area contributed by atoms with Gasteiger partial charge >= 0.3 is 11.9 Å². The molecule has 0 saturated carbocycles. The summed E-state index contributed by atoms with van der Waals surface area (Å²) in [6.07, 6.45) is 0.571. The number of hydrogen-bond donors (Lipinski definition) is 2. The van der Waals surface area contributed by atoms with Gasteiger partial charge in [-0.15, -0.1) is 0 Å². The molecular weight excluding hydrogens is 418 g/mol. The van der Waals surface area contributed by atoms with Gasteiger partial charge < -0.3 is 20.1 Å². The molecule has 2 aromatic rings. The van der Waals surface area contributed by atoms with Gasteiger partial charge in [0.15, 0.2) is 0 Å². The van der Waals surface area contributed by atoms with E-state index >= 15 is 0 Å². The number of carbonyl (C=O) groups excluding carboxylic acids is 2. The predicted molar refractivity (Wildman–Crippen MR) is 114 cm³/mol. The Morgan fingerprint density at radius 3 is 2.61 bits per heavy atom. The summed E-state index contributed by atoms with van der Waals surface area (Å²) in [5, 5.41) is 16.3. The summed E-state index contributed by atoms with van der Waals surface area (Å²) in [7, 11) is 0. The number of nitrogens with zero attached hydrogens (tertiary/aromatic N) is 1. The van der Waals surface area contributed by atoms with E-state index in [0.29, 0.717) is 34.8 Å². The van der Waals surface area contributed by atoms with E-state index in [1.807, 2.05) is 25.1 Å². The Bertz CT molecular complexity index is 1060. The van der Waals surface area contributed by atoms with Crippen LogP contribution in [0.4, 0.5) is 5.69 Å². The first kappa shape index (κ1) is 21.2. The van der Waals surface area contributed by atoms with Gasteiger partial charge in [0.1, 0.15) is 0 Å². The van der Waals surface area contributed by atoms with Gasteiger partial charge in [0.25, 0.3) is 5.79 Å². The molecule has 4 rings (SSSR count). The molecule has 7 nitrogen and oxygen atoms in total. The van der Waals surface area contributed by atoms with Crippen LogP contribution in [0.15, 0.2) is 36.4 Å². The number of halogens is 1. The largest absolute Gasteiger partial charge is 0.416 e. The summed E-state index contributed by atoms with van der Waals surface area (Å²) in [6, 6.07) is 12.8. The van der Waals surface area contributed by atoms with Crippen LogP contribution >= 0.6 is 11.6 Å². The van der Waals surface area contributed by atoms with Crippen LogP contribution < -0.4 is 10.6 Å². The molecule has 1 spiro atoms. The van der Waals surface area contributed by atoms with Gasteiger partial charge in [-0.05, 0) is 55.3 Å². The number of fused-ring (bicyclic) bond motifs is 2. The van der Waals surface area contributed by atoms with E-state index < -0.39 is 17.7 Å². The zero-order chi connectivity index (χ0) is 22.0. The Morgan fingerprint density at radius 1 is 1.16 bits per heavy atom. The molecule has 1 atom stereocenters. The van der Waals surface area contributed by atoms with Crippen LogP contribution in [0.5, 0.6) is 0 Å². The van der Waals surface area contributed by atoms with Crippen LogP contribution in [0.1, 0.15) is 48.1 Å². The average molecular weight is 440 g/mol. The molecule has 2 aliphatic rings. The molecule has 160 valence electrons. The number of benzene rings is 2. The SMILES string of the molecule is CC(Nc1c(Cl)ccc2c1CCNCC21OC(=O)CCC(=O)O1)c1cccc(C#N)c1. The Kier molecular flexibility index (Phi) is 5.86. The van der Waals surface area contributed by atoms with Crippen LogP contribution in [0.3, 0.4) is 0 Å². The number of rotatable bonds is 3. The van der Waals surface area contributed by atoms with Crippen LogP contribution in [-0.2, 0) is 31.3 Å². The van der Waals surface area contributed by atoms with Crippen LogP contribution in [-0.4, -0.2) is 25.0 Å². The van der Waals surface area contributed by atoms with E-state index in [0.717, 1.165) is 11.1 Å². The minimum atomic E-state index is -1.53. The molecule has 8 heteroatoms. The second-order valence-electron chi connectivity index (χ2n) is 7.68. The highest BCUT2D eigenvalue weighted by Gasteiger charge is 2.46. The monoisotopic (exact) mass is 439 g/mol. The first-order chi connectivity index (χ1) is 14.9. The van der Waals surface area contributed by atoms with Crippen molar-refractivity contribution in [1.29, 1.82) is 5.26 Å². The van der Waals surface area contributed by atoms with Crippen molar-refractivity contribution in [2.75, 3.05) is 18.4 Å². The Labute approximate surface area is 185 Å². The molecule has 0 amide bonds. The second kappa shape index (κ2) is 8.58. The van der Waals surface area contributed by atoms with Gasteiger partial charge in [-0.25, -0.2) is 0 Å². The lowest BCUT2D eigenvalue weighted by Gasteiger charge is -2.32. The normalized spacial score (nSPS) is 18.6. The summed E-state index contributed by atoms with van der Waals surface area (Å²) < 4.78 is 11.4. The van der Waals surface area contributed by atoms with E-state index in [4.69, 9.17) is 21.1 Å². The lowest BCUT2D eigenvalue weighted by Crippen LogP contribution is -2.43.